The van der Waals surface area contributed by atoms with E-state index in [1.807, 2.05) is 18.2 Å². The molecule has 33 heavy (non-hydrogen) atoms. The predicted octanol–water partition coefficient (Wildman–Crippen LogP) is 6.76. The maximum absolute atomic E-state index is 10.4. The Morgan fingerprint density at radius 2 is 1.73 bits per heavy atom. The van der Waals surface area contributed by atoms with Gasteiger partial charge in [0.1, 0.15) is 17.0 Å². The Bertz CT molecular complexity index is 1200. The second-order valence-corrected chi connectivity index (χ2v) is 8.05. The van der Waals surface area contributed by atoms with Gasteiger partial charge in [0, 0.05) is 23.2 Å². The highest BCUT2D eigenvalue weighted by molar-refractivity contribution is 6.30. The van der Waals surface area contributed by atoms with Crippen LogP contribution in [0.25, 0.3) is 22.6 Å². The van der Waals surface area contributed by atoms with E-state index < -0.39 is 0 Å². The third-order valence-electron chi connectivity index (χ3n) is 5.39. The van der Waals surface area contributed by atoms with Crippen molar-refractivity contribution in [3.63, 3.8) is 0 Å². The average Bonchev–Trinajstić information content (AvgIpc) is 3.25. The molecule has 6 nitrogen and oxygen atoms in total. The standard InChI is InChI=1S/C26H27ClN2O4/c1-3-29(4-2)14-5-15-31-24-13-6-18(16-23(24)30)26-28-22-12-11-21(17-25(22)33-26)32-20-9-7-19(27)8-10-20/h6-13,16-17,30H,3-5,14-15H2,1-2H3. The number of benzene rings is 3. The van der Waals surface area contributed by atoms with Gasteiger partial charge in [0.05, 0.1) is 6.61 Å². The SMILES string of the molecule is CCN(CC)CCCOc1ccc(-c2nc3ccc(Oc4ccc(Cl)cc4)cc3o2)cc1O. The number of oxazole rings is 1. The molecule has 0 radical (unpaired) electrons. The Morgan fingerprint density at radius 1 is 0.970 bits per heavy atom. The van der Waals surface area contributed by atoms with Crippen LogP contribution >= 0.6 is 11.6 Å². The highest BCUT2D eigenvalue weighted by Gasteiger charge is 2.13. The Balaban J connectivity index is 1.43. The molecule has 0 fully saturated rings. The van der Waals surface area contributed by atoms with E-state index in [9.17, 15) is 5.11 Å². The molecule has 0 spiro atoms. The van der Waals surface area contributed by atoms with E-state index in [-0.39, 0.29) is 5.75 Å². The van der Waals surface area contributed by atoms with Gasteiger partial charge < -0.3 is 23.9 Å². The summed E-state index contributed by atoms with van der Waals surface area (Å²) in [7, 11) is 0. The maximum atomic E-state index is 10.4. The first-order valence-electron chi connectivity index (χ1n) is 11.1. The molecule has 0 saturated carbocycles. The quantitative estimate of drug-likeness (QED) is 0.260. The van der Waals surface area contributed by atoms with E-state index in [4.69, 9.17) is 25.5 Å². The molecule has 0 amide bonds. The second kappa shape index (κ2) is 10.6. The van der Waals surface area contributed by atoms with Crippen LogP contribution in [0.5, 0.6) is 23.0 Å². The largest absolute Gasteiger partial charge is 0.504 e. The number of phenolic OH excluding ortho intramolecular Hbond substituents is 1. The lowest BCUT2D eigenvalue weighted by molar-refractivity contribution is 0.244. The summed E-state index contributed by atoms with van der Waals surface area (Å²) in [6.45, 7) is 7.86. The molecule has 4 rings (SSSR count). The van der Waals surface area contributed by atoms with Crippen LogP contribution in [0, 0.1) is 0 Å². The minimum absolute atomic E-state index is 0.0596. The van der Waals surface area contributed by atoms with Crippen molar-refractivity contribution < 1.29 is 19.0 Å². The minimum atomic E-state index is 0.0596. The lowest BCUT2D eigenvalue weighted by Gasteiger charge is -2.17. The van der Waals surface area contributed by atoms with Crippen LogP contribution < -0.4 is 9.47 Å². The van der Waals surface area contributed by atoms with E-state index in [1.54, 1.807) is 42.5 Å². The molecule has 4 aromatic rings. The Kier molecular flexibility index (Phi) is 7.37. The molecule has 1 heterocycles. The number of hydrogen-bond donors (Lipinski definition) is 1. The molecule has 0 saturated heterocycles. The van der Waals surface area contributed by atoms with Crippen LogP contribution in [-0.2, 0) is 0 Å². The average molecular weight is 467 g/mol. The van der Waals surface area contributed by atoms with Gasteiger partial charge in [0.2, 0.25) is 5.89 Å². The summed E-state index contributed by atoms with van der Waals surface area (Å²) < 4.78 is 17.5. The van der Waals surface area contributed by atoms with E-state index in [0.29, 0.717) is 51.4 Å². The van der Waals surface area contributed by atoms with Gasteiger partial charge in [-0.15, -0.1) is 0 Å². The Morgan fingerprint density at radius 3 is 2.45 bits per heavy atom. The minimum Gasteiger partial charge on any atom is -0.504 e. The highest BCUT2D eigenvalue weighted by atomic mass is 35.5. The molecule has 172 valence electrons. The van der Waals surface area contributed by atoms with E-state index >= 15 is 0 Å². The monoisotopic (exact) mass is 466 g/mol. The molecule has 0 unspecified atom stereocenters. The number of halogens is 1. The van der Waals surface area contributed by atoms with E-state index in [1.165, 1.54) is 0 Å². The van der Waals surface area contributed by atoms with Crippen LogP contribution in [0.4, 0.5) is 0 Å². The van der Waals surface area contributed by atoms with Crippen LogP contribution in [0.1, 0.15) is 20.3 Å². The number of hydrogen-bond acceptors (Lipinski definition) is 6. The summed E-state index contributed by atoms with van der Waals surface area (Å²) in [6.07, 6.45) is 0.897. The lowest BCUT2D eigenvalue weighted by Crippen LogP contribution is -2.25. The van der Waals surface area contributed by atoms with Crippen molar-refractivity contribution in [2.75, 3.05) is 26.2 Å². The van der Waals surface area contributed by atoms with Gasteiger partial charge in [-0.2, -0.15) is 0 Å². The molecular weight excluding hydrogens is 440 g/mol. The van der Waals surface area contributed by atoms with Gasteiger partial charge in [-0.25, -0.2) is 4.98 Å². The molecule has 0 atom stereocenters. The van der Waals surface area contributed by atoms with Gasteiger partial charge in [0.15, 0.2) is 17.1 Å². The summed E-state index contributed by atoms with van der Waals surface area (Å²) in [5.74, 6) is 2.23. The van der Waals surface area contributed by atoms with Crippen molar-refractivity contribution in [1.29, 1.82) is 0 Å². The van der Waals surface area contributed by atoms with Gasteiger partial charge in [-0.3, -0.25) is 0 Å². The smallest absolute Gasteiger partial charge is 0.227 e. The third-order valence-corrected chi connectivity index (χ3v) is 5.64. The number of aromatic hydroxyl groups is 1. The van der Waals surface area contributed by atoms with Crippen molar-refractivity contribution in [3.8, 4) is 34.5 Å². The van der Waals surface area contributed by atoms with Crippen LogP contribution in [0.3, 0.4) is 0 Å². The lowest BCUT2D eigenvalue weighted by atomic mass is 10.2. The van der Waals surface area contributed by atoms with E-state index in [2.05, 4.69) is 23.7 Å². The van der Waals surface area contributed by atoms with Crippen molar-refractivity contribution in [2.45, 2.75) is 20.3 Å². The van der Waals surface area contributed by atoms with Crippen molar-refractivity contribution in [2.24, 2.45) is 0 Å². The zero-order valence-electron chi connectivity index (χ0n) is 18.8. The van der Waals surface area contributed by atoms with Gasteiger partial charge in [0.25, 0.3) is 0 Å². The fourth-order valence-electron chi connectivity index (χ4n) is 3.51. The first-order chi connectivity index (χ1) is 16.1. The molecule has 3 aromatic carbocycles. The van der Waals surface area contributed by atoms with Crippen LogP contribution in [-0.4, -0.2) is 41.2 Å². The first-order valence-corrected chi connectivity index (χ1v) is 11.5. The molecule has 1 aromatic heterocycles. The highest BCUT2D eigenvalue weighted by Crippen LogP contribution is 2.34. The number of fused-ring (bicyclic) bond motifs is 1. The predicted molar refractivity (Wildman–Crippen MR) is 131 cm³/mol. The Labute approximate surface area is 198 Å². The van der Waals surface area contributed by atoms with Crippen LogP contribution in [0.2, 0.25) is 5.02 Å². The van der Waals surface area contributed by atoms with Gasteiger partial charge in [-0.05, 0) is 74.1 Å². The molecule has 0 bridgehead atoms. The fraction of sp³-hybridized carbons (Fsp3) is 0.269. The molecule has 7 heteroatoms. The van der Waals surface area contributed by atoms with Crippen LogP contribution in [0.15, 0.2) is 65.1 Å². The van der Waals surface area contributed by atoms with Crippen molar-refractivity contribution in [1.82, 2.24) is 9.88 Å². The second-order valence-electron chi connectivity index (χ2n) is 7.62. The van der Waals surface area contributed by atoms with Crippen molar-refractivity contribution in [3.05, 3.63) is 65.7 Å². The summed E-state index contributed by atoms with van der Waals surface area (Å²) in [5, 5.41) is 11.1. The maximum Gasteiger partial charge on any atom is 0.227 e. The Hall–Kier alpha value is -3.22. The normalized spacial score (nSPS) is 11.3. The summed E-state index contributed by atoms with van der Waals surface area (Å²) in [5.41, 5.74) is 1.96. The molecule has 1 N–H and O–H groups in total. The molecule has 0 aliphatic rings. The number of rotatable bonds is 10. The van der Waals surface area contributed by atoms with Gasteiger partial charge in [-0.1, -0.05) is 25.4 Å². The number of ether oxygens (including phenoxy) is 2. The van der Waals surface area contributed by atoms with E-state index in [0.717, 1.165) is 26.1 Å². The number of phenols is 1. The zero-order chi connectivity index (χ0) is 23.2. The molecule has 0 aliphatic carbocycles. The molecular formula is C26H27ClN2O4. The summed E-state index contributed by atoms with van der Waals surface area (Å²) in [4.78, 5) is 6.87. The van der Waals surface area contributed by atoms with Crippen molar-refractivity contribution >= 4 is 22.7 Å². The topological polar surface area (TPSA) is 68.0 Å². The summed E-state index contributed by atoms with van der Waals surface area (Å²) in [6, 6.07) is 17.8. The number of aromatic nitrogens is 1. The summed E-state index contributed by atoms with van der Waals surface area (Å²) >= 11 is 5.92. The van der Waals surface area contributed by atoms with Gasteiger partial charge >= 0.3 is 0 Å². The third kappa shape index (κ3) is 5.78. The molecule has 0 aliphatic heterocycles. The first kappa shape index (κ1) is 23.0. The number of nitrogens with zero attached hydrogens (tertiary/aromatic N) is 2. The fourth-order valence-corrected chi connectivity index (χ4v) is 3.64. The zero-order valence-corrected chi connectivity index (χ0v) is 19.5.